The highest BCUT2D eigenvalue weighted by molar-refractivity contribution is 7.47. The number of carbonyl (C=O) groups is 3. The molecule has 0 fully saturated rings. The summed E-state index contributed by atoms with van der Waals surface area (Å²) in [6.45, 7) is 2.61. The number of esters is 2. The van der Waals surface area contributed by atoms with Crippen LogP contribution in [-0.4, -0.2) is 59.9 Å². The number of allylic oxidation sites excluding steroid dienone is 10. The van der Waals surface area contributed by atoms with E-state index in [0.717, 1.165) is 77.0 Å². The molecule has 0 aliphatic carbocycles. The summed E-state index contributed by atoms with van der Waals surface area (Å²) in [7, 11) is -4.72. The van der Waals surface area contributed by atoms with Gasteiger partial charge in [-0.1, -0.05) is 145 Å². The number of nitrogens with two attached hydrogens (primary N) is 1. The molecule has 0 heterocycles. The van der Waals surface area contributed by atoms with Gasteiger partial charge >= 0.3 is 25.7 Å². The summed E-state index contributed by atoms with van der Waals surface area (Å²) >= 11 is 0. The zero-order chi connectivity index (χ0) is 40.0. The third-order valence-corrected chi connectivity index (χ3v) is 9.29. The third-order valence-electron chi connectivity index (χ3n) is 8.34. The largest absolute Gasteiger partial charge is 0.480 e. The summed E-state index contributed by atoms with van der Waals surface area (Å²) in [4.78, 5) is 45.8. The summed E-state index contributed by atoms with van der Waals surface area (Å²) in [6, 6.07) is -1.53. The first-order chi connectivity index (χ1) is 26.1. The van der Waals surface area contributed by atoms with Crippen molar-refractivity contribution < 1.29 is 47.5 Å². The molecule has 0 saturated carbocycles. The molecule has 0 rings (SSSR count). The molecule has 0 radical (unpaired) electrons. The molecular weight excluding hydrogens is 709 g/mol. The molecule has 4 N–H and O–H groups in total. The van der Waals surface area contributed by atoms with Gasteiger partial charge in [-0.3, -0.25) is 23.4 Å². The van der Waals surface area contributed by atoms with Gasteiger partial charge in [-0.25, -0.2) is 4.57 Å². The van der Waals surface area contributed by atoms with E-state index in [2.05, 4.69) is 42.7 Å². The molecule has 0 spiro atoms. The lowest BCUT2D eigenvalue weighted by atomic mass is 10.1. The summed E-state index contributed by atoms with van der Waals surface area (Å²) in [6.07, 6.45) is 41.4. The maximum atomic E-state index is 12.6. The van der Waals surface area contributed by atoms with Crippen LogP contribution in [-0.2, 0) is 37.5 Å². The zero-order valence-electron chi connectivity index (χ0n) is 33.3. The lowest BCUT2D eigenvalue weighted by molar-refractivity contribution is -0.161. The maximum Gasteiger partial charge on any atom is 0.472 e. The van der Waals surface area contributed by atoms with Crippen LogP contribution in [0, 0.1) is 0 Å². The van der Waals surface area contributed by atoms with Gasteiger partial charge in [0, 0.05) is 12.8 Å². The number of ether oxygens (including phenoxy) is 2. The minimum atomic E-state index is -4.72. The van der Waals surface area contributed by atoms with Gasteiger partial charge in [0.15, 0.2) is 6.10 Å². The number of carboxylic acid groups (broad SMARTS) is 1. The second kappa shape index (κ2) is 37.1. The number of phosphoric acid groups is 1. The van der Waals surface area contributed by atoms with Crippen molar-refractivity contribution in [1.29, 1.82) is 0 Å². The molecular formula is C42H72NO10P. The summed E-state index contributed by atoms with van der Waals surface area (Å²) < 4.78 is 32.6. The molecule has 1 unspecified atom stereocenters. The van der Waals surface area contributed by atoms with Crippen molar-refractivity contribution in [2.24, 2.45) is 5.73 Å². The summed E-state index contributed by atoms with van der Waals surface area (Å²) in [5.74, 6) is -2.43. The predicted molar refractivity (Wildman–Crippen MR) is 217 cm³/mol. The Bertz CT molecular complexity index is 1150. The van der Waals surface area contributed by atoms with Crippen molar-refractivity contribution in [1.82, 2.24) is 0 Å². The molecule has 0 amide bonds. The molecule has 0 aromatic carbocycles. The number of hydrogen-bond acceptors (Lipinski definition) is 9. The van der Waals surface area contributed by atoms with E-state index in [4.69, 9.17) is 24.8 Å². The van der Waals surface area contributed by atoms with Gasteiger partial charge in [-0.05, 0) is 57.8 Å². The van der Waals surface area contributed by atoms with E-state index in [-0.39, 0.29) is 19.4 Å². The van der Waals surface area contributed by atoms with Crippen LogP contribution in [0.3, 0.4) is 0 Å². The lowest BCUT2D eigenvalue weighted by Gasteiger charge is -2.20. The van der Waals surface area contributed by atoms with Crippen molar-refractivity contribution in [3.63, 3.8) is 0 Å². The molecule has 0 aliphatic rings. The third kappa shape index (κ3) is 36.2. The average molecular weight is 782 g/mol. The van der Waals surface area contributed by atoms with E-state index in [0.29, 0.717) is 12.8 Å². The first-order valence-electron chi connectivity index (χ1n) is 20.4. The van der Waals surface area contributed by atoms with Crippen molar-refractivity contribution in [3.05, 3.63) is 60.8 Å². The molecule has 0 bridgehead atoms. The first kappa shape index (κ1) is 51.2. The molecule has 0 saturated heterocycles. The smallest absolute Gasteiger partial charge is 0.472 e. The minimum Gasteiger partial charge on any atom is -0.480 e. The Morgan fingerprint density at radius 2 is 1.06 bits per heavy atom. The van der Waals surface area contributed by atoms with E-state index in [9.17, 15) is 23.8 Å². The van der Waals surface area contributed by atoms with Gasteiger partial charge < -0.3 is 25.2 Å². The van der Waals surface area contributed by atoms with E-state index in [1.807, 2.05) is 36.5 Å². The van der Waals surface area contributed by atoms with Crippen LogP contribution in [0.4, 0.5) is 0 Å². The molecule has 12 heteroatoms. The van der Waals surface area contributed by atoms with Crippen LogP contribution < -0.4 is 5.73 Å². The summed E-state index contributed by atoms with van der Waals surface area (Å²) in [5, 5.41) is 8.87. The first-order valence-corrected chi connectivity index (χ1v) is 21.9. The number of phosphoric ester groups is 1. The Kier molecular flexibility index (Phi) is 35.2. The Balaban J connectivity index is 4.47. The fourth-order valence-corrected chi connectivity index (χ4v) is 5.91. The standard InChI is InChI=1S/C42H72NO10P/c1-3-5-7-9-11-13-15-17-19-21-23-25-27-29-31-33-40(44)50-35-38(36-51-54(48,49)52-37-39(43)42(46)47)53-41(45)34-32-30-28-26-24-22-20-18-16-14-12-10-8-6-4-2/h6,8,10,12,14,16-20,38-39H,3-5,7,9,11,13,15,21-37,43H2,1-2H3,(H,46,47)(H,48,49)/b8-6+,12-10+,16-14+,19-17+,20-18+/t38-,39+/m1/s1. The van der Waals surface area contributed by atoms with E-state index >= 15 is 0 Å². The topological polar surface area (TPSA) is 172 Å². The minimum absolute atomic E-state index is 0.131. The monoisotopic (exact) mass is 781 g/mol. The Morgan fingerprint density at radius 1 is 0.593 bits per heavy atom. The maximum absolute atomic E-state index is 12.6. The number of hydrogen-bond donors (Lipinski definition) is 3. The van der Waals surface area contributed by atoms with Crippen LogP contribution in [0.2, 0.25) is 0 Å². The van der Waals surface area contributed by atoms with E-state index in [1.165, 1.54) is 38.5 Å². The van der Waals surface area contributed by atoms with Crippen molar-refractivity contribution in [2.75, 3.05) is 19.8 Å². The zero-order valence-corrected chi connectivity index (χ0v) is 34.2. The normalized spacial score (nSPS) is 14.4. The SMILES string of the molecule is CC/C=C/C=C/C=C/C=C/CCCCCCCC(=O)O[C@H](COC(=O)CCCCCCC/C=C/CCCCCCCC)COP(=O)(O)OC[C@H](N)C(=O)O. The van der Waals surface area contributed by atoms with Crippen molar-refractivity contribution in [3.8, 4) is 0 Å². The van der Waals surface area contributed by atoms with Crippen LogP contribution in [0.15, 0.2) is 60.8 Å². The van der Waals surface area contributed by atoms with E-state index < -0.39 is 51.1 Å². The summed E-state index contributed by atoms with van der Waals surface area (Å²) in [5.41, 5.74) is 5.32. The Hall–Kier alpha value is -2.82. The second-order valence-electron chi connectivity index (χ2n) is 13.5. The second-order valence-corrected chi connectivity index (χ2v) is 14.9. The van der Waals surface area contributed by atoms with Gasteiger partial charge in [-0.15, -0.1) is 0 Å². The average Bonchev–Trinajstić information content (AvgIpc) is 3.14. The lowest BCUT2D eigenvalue weighted by Crippen LogP contribution is -2.34. The van der Waals surface area contributed by atoms with Crippen LogP contribution in [0.1, 0.15) is 155 Å². The van der Waals surface area contributed by atoms with Gasteiger partial charge in [0.05, 0.1) is 13.2 Å². The molecule has 310 valence electrons. The predicted octanol–water partition coefficient (Wildman–Crippen LogP) is 10.4. The van der Waals surface area contributed by atoms with E-state index in [1.54, 1.807) is 0 Å². The fourth-order valence-electron chi connectivity index (χ4n) is 5.13. The van der Waals surface area contributed by atoms with Crippen LogP contribution in [0.5, 0.6) is 0 Å². The molecule has 54 heavy (non-hydrogen) atoms. The molecule has 3 atom stereocenters. The van der Waals surface area contributed by atoms with Crippen LogP contribution >= 0.6 is 7.82 Å². The number of carboxylic acids is 1. The highest BCUT2D eigenvalue weighted by Gasteiger charge is 2.28. The van der Waals surface area contributed by atoms with Gasteiger partial charge in [-0.2, -0.15) is 0 Å². The quantitative estimate of drug-likeness (QED) is 0.0180. The van der Waals surface area contributed by atoms with Gasteiger partial charge in [0.2, 0.25) is 0 Å². The highest BCUT2D eigenvalue weighted by Crippen LogP contribution is 2.43. The van der Waals surface area contributed by atoms with Gasteiger partial charge in [0.1, 0.15) is 12.6 Å². The molecule has 0 aromatic rings. The Labute approximate surface area is 326 Å². The fraction of sp³-hybridized carbons (Fsp3) is 0.690. The van der Waals surface area contributed by atoms with Gasteiger partial charge in [0.25, 0.3) is 0 Å². The number of rotatable bonds is 37. The van der Waals surface area contributed by atoms with Crippen LogP contribution in [0.25, 0.3) is 0 Å². The molecule has 11 nitrogen and oxygen atoms in total. The molecule has 0 aromatic heterocycles. The highest BCUT2D eigenvalue weighted by atomic mass is 31.2. The number of unbranched alkanes of at least 4 members (excludes halogenated alkanes) is 16. The van der Waals surface area contributed by atoms with Crippen molar-refractivity contribution in [2.45, 2.75) is 167 Å². The molecule has 0 aliphatic heterocycles. The Morgan fingerprint density at radius 3 is 1.61 bits per heavy atom. The number of aliphatic carboxylic acids is 1. The van der Waals surface area contributed by atoms with Crippen molar-refractivity contribution >= 4 is 25.7 Å². The number of carbonyl (C=O) groups excluding carboxylic acids is 2.